The summed E-state index contributed by atoms with van der Waals surface area (Å²) in [5.74, 6) is 0.680. The molecule has 7 N–H and O–H groups in total. The summed E-state index contributed by atoms with van der Waals surface area (Å²) in [6.45, 7) is 1.90. The fourth-order valence-electron chi connectivity index (χ4n) is 9.48. The van der Waals surface area contributed by atoms with Crippen LogP contribution in [0.4, 0.5) is 5.69 Å². The predicted molar refractivity (Wildman–Crippen MR) is 243 cm³/mol. The Bertz CT molecular complexity index is 2180. The van der Waals surface area contributed by atoms with Crippen molar-refractivity contribution in [1.29, 1.82) is 0 Å². The highest BCUT2D eigenvalue weighted by Gasteiger charge is 2.35. The van der Waals surface area contributed by atoms with Crippen molar-refractivity contribution < 1.29 is 44.6 Å². The predicted octanol–water partition coefficient (Wildman–Crippen LogP) is 8.67. The second-order valence-corrected chi connectivity index (χ2v) is 19.7. The number of nitrogens with one attached hydrogen (secondary N) is 2. The van der Waals surface area contributed by atoms with Crippen LogP contribution in [0.2, 0.25) is 0 Å². The number of carbonyl (C=O) groups is 2. The van der Waals surface area contributed by atoms with Gasteiger partial charge in [0.1, 0.15) is 23.5 Å². The van der Waals surface area contributed by atoms with E-state index >= 15 is 0 Å². The number of aliphatic hydroxyl groups excluding tert-OH is 2. The molecule has 1 heterocycles. The Morgan fingerprint density at radius 1 is 1.02 bits per heavy atom. The summed E-state index contributed by atoms with van der Waals surface area (Å²) in [5.41, 5.74) is 4.77. The number of phenols is 2. The van der Waals surface area contributed by atoms with Crippen molar-refractivity contribution in [2.75, 3.05) is 31.3 Å². The molecule has 4 aromatic carbocycles. The van der Waals surface area contributed by atoms with Crippen LogP contribution in [0.3, 0.4) is 0 Å². The lowest BCUT2D eigenvalue weighted by atomic mass is 9.85. The Labute approximate surface area is 366 Å². The van der Waals surface area contributed by atoms with Gasteiger partial charge in [0.2, 0.25) is 0 Å². The van der Waals surface area contributed by atoms with Crippen molar-refractivity contribution in [2.24, 2.45) is 5.92 Å². The summed E-state index contributed by atoms with van der Waals surface area (Å²) in [7, 11) is 4.83. The molecule has 3 aliphatic rings. The first-order valence-corrected chi connectivity index (χ1v) is 24.0. The second kappa shape index (κ2) is 20.6. The van der Waals surface area contributed by atoms with Crippen molar-refractivity contribution in [1.82, 2.24) is 5.32 Å². The van der Waals surface area contributed by atoms with Gasteiger partial charge in [-0.05, 0) is 134 Å². The van der Waals surface area contributed by atoms with E-state index in [9.17, 15) is 35.1 Å². The van der Waals surface area contributed by atoms with Crippen LogP contribution in [-0.2, 0) is 27.4 Å². The van der Waals surface area contributed by atoms with E-state index < -0.39 is 24.0 Å². The smallest absolute Gasteiger partial charge is 0.168 e. The molecule has 0 radical (unpaired) electrons. The van der Waals surface area contributed by atoms with Crippen LogP contribution in [0.1, 0.15) is 111 Å². The number of aromatic hydroxyl groups is 2. The second-order valence-electron chi connectivity index (χ2n) is 17.1. The highest BCUT2D eigenvalue weighted by molar-refractivity contribution is 8.76. The van der Waals surface area contributed by atoms with Crippen LogP contribution < -0.4 is 15.4 Å². The molecular formula is C48H60N2O9S2. The molecule has 5 atom stereocenters. The van der Waals surface area contributed by atoms with Crippen LogP contribution in [0, 0.1) is 5.92 Å². The molecule has 0 aromatic heterocycles. The summed E-state index contributed by atoms with van der Waals surface area (Å²) in [6, 6.07) is 18.5. The van der Waals surface area contributed by atoms with Gasteiger partial charge in [-0.25, -0.2) is 0 Å². The summed E-state index contributed by atoms with van der Waals surface area (Å²) in [5, 5.41) is 63.5. The average molecular weight is 873 g/mol. The third-order valence-corrected chi connectivity index (χ3v) is 15.5. The van der Waals surface area contributed by atoms with Crippen molar-refractivity contribution in [3.05, 3.63) is 82.9 Å². The highest BCUT2D eigenvalue weighted by Crippen LogP contribution is 2.53. The zero-order valence-corrected chi connectivity index (χ0v) is 36.8. The van der Waals surface area contributed by atoms with E-state index in [0.29, 0.717) is 67.8 Å². The van der Waals surface area contributed by atoms with Crippen LogP contribution in [0.5, 0.6) is 17.2 Å². The number of aryl methyl sites for hydroxylation is 1. The number of hydrogen-bond donors (Lipinski definition) is 7. The number of anilines is 1. The zero-order chi connectivity index (χ0) is 43.1. The molecule has 1 saturated carbocycles. The summed E-state index contributed by atoms with van der Waals surface area (Å²) in [4.78, 5) is 26.1. The largest absolute Gasteiger partial charge is 0.508 e. The first-order chi connectivity index (χ1) is 29.4. The van der Waals surface area contributed by atoms with Gasteiger partial charge in [-0.3, -0.25) is 14.9 Å². The van der Waals surface area contributed by atoms with Crippen LogP contribution >= 0.6 is 21.6 Å². The van der Waals surface area contributed by atoms with Gasteiger partial charge in [-0.1, -0.05) is 64.8 Å². The molecule has 2 bridgehead atoms. The topological polar surface area (TPSA) is 178 Å². The Balaban J connectivity index is 1.29. The van der Waals surface area contributed by atoms with Crippen LogP contribution in [-0.4, -0.2) is 80.9 Å². The van der Waals surface area contributed by atoms with Crippen LogP contribution in [0.15, 0.2) is 60.7 Å². The molecule has 0 amide bonds. The third-order valence-electron chi connectivity index (χ3n) is 12.6. The van der Waals surface area contributed by atoms with Gasteiger partial charge in [-0.15, -0.1) is 0 Å². The molecule has 1 aliphatic heterocycles. The first-order valence-electron chi connectivity index (χ1n) is 21.7. The van der Waals surface area contributed by atoms with Gasteiger partial charge < -0.3 is 40.3 Å². The fourth-order valence-corrected chi connectivity index (χ4v) is 12.4. The lowest BCUT2D eigenvalue weighted by molar-refractivity contribution is -0.127. The van der Waals surface area contributed by atoms with E-state index in [0.717, 1.165) is 64.3 Å². The van der Waals surface area contributed by atoms with Gasteiger partial charge in [0.05, 0.1) is 38.1 Å². The SMILES string of the molecule is COc1c(O)ccc2c1-c1ccc3ccc(O)cc3c1[C@@H]1CC[C@H](C[C@H](O)CSS1)[C@@H](O[C@H](NCCCC1(O)CCCC1)c1ccc(NCC(C)=O)c(CO)c1)CC(=O)CC2. The van der Waals surface area contributed by atoms with Gasteiger partial charge in [0.25, 0.3) is 0 Å². The van der Waals surface area contributed by atoms with Crippen molar-refractivity contribution in [3.63, 3.8) is 0 Å². The lowest BCUT2D eigenvalue weighted by Crippen LogP contribution is -2.36. The Kier molecular flexibility index (Phi) is 15.2. The minimum atomic E-state index is -0.691. The maximum atomic E-state index is 14.3. The number of rotatable bonds is 13. The maximum Gasteiger partial charge on any atom is 0.168 e. The maximum absolute atomic E-state index is 14.3. The molecule has 1 saturated heterocycles. The normalized spacial score (nSPS) is 22.4. The summed E-state index contributed by atoms with van der Waals surface area (Å²) >= 11 is 0. The van der Waals surface area contributed by atoms with E-state index in [2.05, 4.69) is 16.7 Å². The molecular weight excluding hydrogens is 813 g/mol. The standard InChI is InChI=1S/C48H60N2O9S2/c1-29(52)26-50-40-15-9-33(22-34(40)27-51)47(49-21-5-20-48(57)18-3-4-19-48)59-42-25-36(54)13-7-31-10-16-41(56)46(58-2)44(31)38-14-8-30-6-12-35(53)24-39(30)45(38)43-17-11-32(42)23-37(55)28-60-61-43/h6,8-10,12,14-16,22,24,32,37,42-43,47,49-51,53,55-57H,3-5,7,11,13,17-21,23,25-28H2,1-2H3/t32-,37+,42+,43+,47+/m1/s1. The number of Topliss-reactive ketones (excluding diaryl/α,β-unsaturated/α-hetero) is 2. The Morgan fingerprint density at radius 2 is 1.82 bits per heavy atom. The lowest BCUT2D eigenvalue weighted by Gasteiger charge is -2.33. The molecule has 2 fully saturated rings. The first kappa shape index (κ1) is 45.2. The number of carbonyl (C=O) groups excluding carboxylic acids is 2. The van der Waals surface area contributed by atoms with E-state index in [-0.39, 0.29) is 60.2 Å². The molecule has 0 spiro atoms. The Morgan fingerprint density at radius 3 is 2.59 bits per heavy atom. The summed E-state index contributed by atoms with van der Waals surface area (Å²) in [6.07, 6.45) is 5.50. The number of phenolic OH excluding ortho intramolecular Hbond substituents is 2. The average Bonchev–Trinajstić information content (AvgIpc) is 3.71. The van der Waals surface area contributed by atoms with E-state index in [1.165, 1.54) is 14.0 Å². The van der Waals surface area contributed by atoms with Crippen LogP contribution in [0.25, 0.3) is 21.9 Å². The summed E-state index contributed by atoms with van der Waals surface area (Å²) < 4.78 is 13.0. The van der Waals surface area contributed by atoms with Gasteiger partial charge in [-0.2, -0.15) is 0 Å². The number of methoxy groups -OCH3 is 1. The number of fused-ring (bicyclic) bond motifs is 9. The van der Waals surface area contributed by atoms with Gasteiger partial charge >= 0.3 is 0 Å². The highest BCUT2D eigenvalue weighted by atomic mass is 33.1. The molecule has 11 nitrogen and oxygen atoms in total. The third kappa shape index (κ3) is 11.0. The number of ether oxygens (including phenoxy) is 2. The van der Waals surface area contributed by atoms with Crippen molar-refractivity contribution in [3.8, 4) is 28.4 Å². The minimum absolute atomic E-state index is 0.00240. The number of hydrogen-bond acceptors (Lipinski definition) is 13. The molecule has 4 aromatic rings. The molecule has 7 rings (SSSR count). The molecule has 13 heteroatoms. The monoisotopic (exact) mass is 872 g/mol. The van der Waals surface area contributed by atoms with E-state index in [4.69, 9.17) is 9.47 Å². The van der Waals surface area contributed by atoms with Gasteiger partial charge in [0.15, 0.2) is 11.5 Å². The molecule has 2 aliphatic carbocycles. The molecule has 61 heavy (non-hydrogen) atoms. The molecule has 0 unspecified atom stereocenters. The van der Waals surface area contributed by atoms with E-state index in [1.807, 2.05) is 36.4 Å². The van der Waals surface area contributed by atoms with Gasteiger partial charge in [0, 0.05) is 40.7 Å². The number of ketones is 2. The van der Waals surface area contributed by atoms with Crippen molar-refractivity contribution >= 4 is 49.6 Å². The zero-order valence-electron chi connectivity index (χ0n) is 35.2. The quantitative estimate of drug-likeness (QED) is 0.0386. The number of benzene rings is 4. The Hall–Kier alpha value is -3.82. The fraction of sp³-hybridized carbons (Fsp3) is 0.500. The molecule has 328 valence electrons. The van der Waals surface area contributed by atoms with E-state index in [1.54, 1.807) is 39.8 Å². The van der Waals surface area contributed by atoms with Crippen molar-refractivity contribution in [2.45, 2.75) is 120 Å². The minimum Gasteiger partial charge on any atom is -0.508 e. The number of aliphatic hydroxyl groups is 3.